The van der Waals surface area contributed by atoms with Crippen molar-refractivity contribution in [3.8, 4) is 0 Å². The maximum Gasteiger partial charge on any atom is 0.220 e. The van der Waals surface area contributed by atoms with Gasteiger partial charge in [-0.2, -0.15) is 0 Å². The number of amides is 1. The van der Waals surface area contributed by atoms with Crippen molar-refractivity contribution in [2.75, 3.05) is 13.2 Å². The van der Waals surface area contributed by atoms with Gasteiger partial charge < -0.3 is 15.8 Å². The molecule has 0 aliphatic heterocycles. The third-order valence-electron chi connectivity index (χ3n) is 5.00. The normalized spacial score (nSPS) is 27.5. The lowest BCUT2D eigenvalue weighted by atomic mass is 9.86. The van der Waals surface area contributed by atoms with E-state index in [1.165, 1.54) is 32.1 Å². The quantitative estimate of drug-likeness (QED) is 0.710. The van der Waals surface area contributed by atoms with Gasteiger partial charge in [-0.15, -0.1) is 0 Å². The summed E-state index contributed by atoms with van der Waals surface area (Å²) in [6.45, 7) is 1.28. The van der Waals surface area contributed by atoms with Gasteiger partial charge in [0.2, 0.25) is 5.91 Å². The molecular weight excluding hydrogens is 264 g/mol. The predicted molar refractivity (Wildman–Crippen MR) is 85.0 cm³/mol. The Balaban J connectivity index is 1.45. The lowest BCUT2D eigenvalue weighted by molar-refractivity contribution is -0.121. The molecule has 0 aromatic rings. The molecule has 0 aromatic heterocycles. The molecule has 0 saturated heterocycles. The van der Waals surface area contributed by atoms with Gasteiger partial charge >= 0.3 is 0 Å². The van der Waals surface area contributed by atoms with Crippen LogP contribution in [-0.4, -0.2) is 31.2 Å². The van der Waals surface area contributed by atoms with Gasteiger partial charge in [0, 0.05) is 19.0 Å². The lowest BCUT2D eigenvalue weighted by Gasteiger charge is -2.26. The highest BCUT2D eigenvalue weighted by Gasteiger charge is 2.18. The van der Waals surface area contributed by atoms with Crippen LogP contribution in [0.4, 0.5) is 0 Å². The third kappa shape index (κ3) is 6.79. The van der Waals surface area contributed by atoms with Crippen molar-refractivity contribution in [3.05, 3.63) is 0 Å². The molecule has 4 nitrogen and oxygen atoms in total. The van der Waals surface area contributed by atoms with E-state index in [0.29, 0.717) is 31.7 Å². The molecule has 0 unspecified atom stereocenters. The Morgan fingerprint density at radius 2 is 1.76 bits per heavy atom. The summed E-state index contributed by atoms with van der Waals surface area (Å²) in [6.07, 6.45) is 13.1. The van der Waals surface area contributed by atoms with Crippen LogP contribution in [0.3, 0.4) is 0 Å². The largest absolute Gasteiger partial charge is 0.376 e. The van der Waals surface area contributed by atoms with E-state index in [4.69, 9.17) is 10.5 Å². The highest BCUT2D eigenvalue weighted by atomic mass is 16.5. The van der Waals surface area contributed by atoms with Gasteiger partial charge in [0.1, 0.15) is 0 Å². The molecule has 0 heterocycles. The molecule has 2 aliphatic rings. The van der Waals surface area contributed by atoms with Crippen LogP contribution < -0.4 is 11.1 Å². The number of nitrogens with one attached hydrogen (secondary N) is 1. The summed E-state index contributed by atoms with van der Waals surface area (Å²) in [6, 6.07) is 0.365. The average molecular weight is 296 g/mol. The molecule has 3 N–H and O–H groups in total. The van der Waals surface area contributed by atoms with Crippen molar-refractivity contribution in [1.29, 1.82) is 0 Å². The average Bonchev–Trinajstić information content (AvgIpc) is 2.52. The number of rotatable bonds is 7. The number of nitrogens with two attached hydrogens (primary N) is 1. The summed E-state index contributed by atoms with van der Waals surface area (Å²) in [5, 5.41) is 2.98. The fourth-order valence-corrected chi connectivity index (χ4v) is 3.57. The van der Waals surface area contributed by atoms with Gasteiger partial charge in [-0.25, -0.2) is 0 Å². The van der Waals surface area contributed by atoms with Gasteiger partial charge in [-0.3, -0.25) is 4.79 Å². The highest BCUT2D eigenvalue weighted by Crippen LogP contribution is 2.27. The predicted octanol–water partition coefficient (Wildman–Crippen LogP) is 2.75. The molecule has 2 saturated carbocycles. The molecule has 21 heavy (non-hydrogen) atoms. The molecule has 0 radical (unpaired) electrons. The summed E-state index contributed by atoms with van der Waals surface area (Å²) < 4.78 is 5.81. The third-order valence-corrected chi connectivity index (χ3v) is 5.00. The molecule has 122 valence electrons. The molecule has 2 aliphatic carbocycles. The Kier molecular flexibility index (Phi) is 7.51. The number of hydrogen-bond acceptors (Lipinski definition) is 3. The van der Waals surface area contributed by atoms with E-state index in [0.717, 1.165) is 38.0 Å². The van der Waals surface area contributed by atoms with Gasteiger partial charge in [0.15, 0.2) is 0 Å². The summed E-state index contributed by atoms with van der Waals surface area (Å²) in [7, 11) is 0. The molecule has 0 atom stereocenters. The SMILES string of the molecule is NC1CCC(OCCNC(=O)CCC2CCCCC2)CC1. The minimum Gasteiger partial charge on any atom is -0.376 e. The topological polar surface area (TPSA) is 64.3 Å². The van der Waals surface area contributed by atoms with Crippen molar-refractivity contribution in [1.82, 2.24) is 5.32 Å². The van der Waals surface area contributed by atoms with Crippen LogP contribution in [0, 0.1) is 5.92 Å². The first kappa shape index (κ1) is 16.8. The van der Waals surface area contributed by atoms with E-state index in [1.807, 2.05) is 0 Å². The van der Waals surface area contributed by atoms with Crippen LogP contribution in [-0.2, 0) is 9.53 Å². The maximum absolute atomic E-state index is 11.8. The molecule has 4 heteroatoms. The lowest BCUT2D eigenvalue weighted by Crippen LogP contribution is -2.33. The smallest absolute Gasteiger partial charge is 0.220 e. The fourth-order valence-electron chi connectivity index (χ4n) is 3.57. The van der Waals surface area contributed by atoms with Crippen LogP contribution in [0.5, 0.6) is 0 Å². The highest BCUT2D eigenvalue weighted by molar-refractivity contribution is 5.75. The van der Waals surface area contributed by atoms with Crippen molar-refractivity contribution >= 4 is 5.91 Å². The first-order valence-corrected chi connectivity index (χ1v) is 8.88. The Hall–Kier alpha value is -0.610. The van der Waals surface area contributed by atoms with Crippen LogP contribution >= 0.6 is 0 Å². The Bertz CT molecular complexity index is 295. The van der Waals surface area contributed by atoms with Gasteiger partial charge in [-0.1, -0.05) is 32.1 Å². The van der Waals surface area contributed by atoms with E-state index in [9.17, 15) is 4.79 Å². The summed E-state index contributed by atoms with van der Waals surface area (Å²) >= 11 is 0. The second-order valence-corrected chi connectivity index (χ2v) is 6.80. The maximum atomic E-state index is 11.8. The minimum absolute atomic E-state index is 0.190. The number of ether oxygens (including phenoxy) is 1. The standard InChI is InChI=1S/C17H32N2O2/c18-15-7-9-16(10-8-15)21-13-12-19-17(20)11-6-14-4-2-1-3-5-14/h14-16H,1-13,18H2,(H,19,20). The van der Waals surface area contributed by atoms with E-state index in [-0.39, 0.29) is 5.91 Å². The summed E-state index contributed by atoms with van der Waals surface area (Å²) in [4.78, 5) is 11.8. The molecular formula is C17H32N2O2. The van der Waals surface area contributed by atoms with Crippen LogP contribution in [0.2, 0.25) is 0 Å². The van der Waals surface area contributed by atoms with E-state index in [1.54, 1.807) is 0 Å². The van der Waals surface area contributed by atoms with Gasteiger partial charge in [0.05, 0.1) is 12.7 Å². The zero-order chi connectivity index (χ0) is 14.9. The van der Waals surface area contributed by atoms with Crippen molar-refractivity contribution in [2.45, 2.75) is 82.8 Å². The van der Waals surface area contributed by atoms with Crippen LogP contribution in [0.15, 0.2) is 0 Å². The molecule has 1 amide bonds. The molecule has 2 rings (SSSR count). The van der Waals surface area contributed by atoms with Gasteiger partial charge in [0.25, 0.3) is 0 Å². The van der Waals surface area contributed by atoms with Crippen LogP contribution in [0.25, 0.3) is 0 Å². The van der Waals surface area contributed by atoms with Crippen LogP contribution in [0.1, 0.15) is 70.6 Å². The molecule has 0 aromatic carbocycles. The van der Waals surface area contributed by atoms with Gasteiger partial charge in [-0.05, 0) is 38.0 Å². The number of carbonyl (C=O) groups is 1. The van der Waals surface area contributed by atoms with E-state index < -0.39 is 0 Å². The zero-order valence-electron chi connectivity index (χ0n) is 13.3. The van der Waals surface area contributed by atoms with E-state index in [2.05, 4.69) is 5.32 Å². The molecule has 2 fully saturated rings. The molecule has 0 bridgehead atoms. The number of carbonyl (C=O) groups excluding carboxylic acids is 1. The first-order valence-electron chi connectivity index (χ1n) is 8.88. The Labute approximate surface area is 129 Å². The van der Waals surface area contributed by atoms with E-state index >= 15 is 0 Å². The Morgan fingerprint density at radius 1 is 1.05 bits per heavy atom. The zero-order valence-corrected chi connectivity index (χ0v) is 13.3. The fraction of sp³-hybridized carbons (Fsp3) is 0.941. The second kappa shape index (κ2) is 9.42. The minimum atomic E-state index is 0.190. The van der Waals surface area contributed by atoms with Crippen molar-refractivity contribution in [2.24, 2.45) is 11.7 Å². The Morgan fingerprint density at radius 3 is 2.48 bits per heavy atom. The first-order chi connectivity index (χ1) is 10.2. The van der Waals surface area contributed by atoms with Crippen molar-refractivity contribution in [3.63, 3.8) is 0 Å². The second-order valence-electron chi connectivity index (χ2n) is 6.80. The number of hydrogen-bond donors (Lipinski definition) is 2. The van der Waals surface area contributed by atoms with Crippen molar-refractivity contribution < 1.29 is 9.53 Å². The summed E-state index contributed by atoms with van der Waals surface area (Å²) in [5.74, 6) is 0.974. The molecule has 0 spiro atoms. The monoisotopic (exact) mass is 296 g/mol. The summed E-state index contributed by atoms with van der Waals surface area (Å²) in [5.41, 5.74) is 5.87.